The van der Waals surface area contributed by atoms with Gasteiger partial charge in [0, 0.05) is 6.54 Å². The molecule has 2 aromatic heterocycles. The lowest BCUT2D eigenvalue weighted by Crippen LogP contribution is -2.41. The van der Waals surface area contributed by atoms with Gasteiger partial charge in [0.15, 0.2) is 5.82 Å². The Kier molecular flexibility index (Phi) is 3.59. The van der Waals surface area contributed by atoms with E-state index < -0.39 is 5.56 Å². The third-order valence-electron chi connectivity index (χ3n) is 3.83. The van der Waals surface area contributed by atoms with Crippen LogP contribution < -0.4 is 5.56 Å². The van der Waals surface area contributed by atoms with Crippen LogP contribution in [0.15, 0.2) is 15.4 Å². The van der Waals surface area contributed by atoms with E-state index in [1.807, 2.05) is 6.92 Å². The maximum absolute atomic E-state index is 12.5. The van der Waals surface area contributed by atoms with Crippen molar-refractivity contribution in [2.75, 3.05) is 6.54 Å². The lowest BCUT2D eigenvalue weighted by Gasteiger charge is -2.34. The van der Waals surface area contributed by atoms with Gasteiger partial charge in [0.25, 0.3) is 11.5 Å². The van der Waals surface area contributed by atoms with Gasteiger partial charge in [0.2, 0.25) is 5.76 Å². The largest absolute Gasteiger partial charge is 0.373 e. The zero-order chi connectivity index (χ0) is 15.9. The van der Waals surface area contributed by atoms with E-state index in [1.54, 1.807) is 4.90 Å². The van der Waals surface area contributed by atoms with Crippen molar-refractivity contribution in [1.29, 1.82) is 0 Å². The highest BCUT2D eigenvalue weighted by Gasteiger charge is 2.32. The van der Waals surface area contributed by atoms with Gasteiger partial charge in [-0.1, -0.05) is 13.8 Å². The number of aryl methyl sites for hydroxylation is 1. The van der Waals surface area contributed by atoms with Gasteiger partial charge in [0.05, 0.1) is 18.7 Å². The number of aromatic nitrogens is 4. The molecule has 0 bridgehead atoms. The van der Waals surface area contributed by atoms with Crippen LogP contribution in [0, 0.1) is 12.8 Å². The summed E-state index contributed by atoms with van der Waals surface area (Å²) in [5.74, 6) is 1.83. The maximum Gasteiger partial charge on any atom is 0.292 e. The van der Waals surface area contributed by atoms with Crippen molar-refractivity contribution in [1.82, 2.24) is 24.8 Å². The Morgan fingerprint density at radius 3 is 2.91 bits per heavy atom. The molecule has 1 aliphatic heterocycles. The Morgan fingerprint density at radius 1 is 1.50 bits per heavy atom. The molecule has 3 heterocycles. The van der Waals surface area contributed by atoms with E-state index in [9.17, 15) is 9.59 Å². The first kappa shape index (κ1) is 14.6. The second kappa shape index (κ2) is 5.43. The van der Waals surface area contributed by atoms with Crippen LogP contribution in [-0.2, 0) is 6.54 Å². The number of fused-ring (bicyclic) bond motifs is 1. The second-order valence-corrected chi connectivity index (χ2v) is 6.08. The molecule has 118 valence electrons. The minimum Gasteiger partial charge on any atom is -0.373 e. The molecular weight excluding hydrogens is 286 g/mol. The van der Waals surface area contributed by atoms with Gasteiger partial charge in [-0.3, -0.25) is 9.59 Å². The molecule has 22 heavy (non-hydrogen) atoms. The van der Waals surface area contributed by atoms with Crippen molar-refractivity contribution in [3.63, 3.8) is 0 Å². The zero-order valence-electron chi connectivity index (χ0n) is 12.9. The molecular formula is C14H19N5O3. The monoisotopic (exact) mass is 305 g/mol. The van der Waals surface area contributed by atoms with Gasteiger partial charge in [-0.15, -0.1) is 10.2 Å². The summed E-state index contributed by atoms with van der Waals surface area (Å²) >= 11 is 0. The highest BCUT2D eigenvalue weighted by atomic mass is 16.5. The van der Waals surface area contributed by atoms with Gasteiger partial charge in [-0.05, 0) is 19.3 Å². The molecule has 3 rings (SSSR count). The molecule has 1 amide bonds. The molecule has 2 aromatic rings. The van der Waals surface area contributed by atoms with E-state index in [0.29, 0.717) is 19.0 Å². The van der Waals surface area contributed by atoms with Crippen LogP contribution in [0.2, 0.25) is 0 Å². The molecule has 0 spiro atoms. The van der Waals surface area contributed by atoms with Crippen molar-refractivity contribution in [2.24, 2.45) is 5.92 Å². The summed E-state index contributed by atoms with van der Waals surface area (Å²) in [4.78, 5) is 25.3. The number of nitrogens with one attached hydrogen (secondary N) is 1. The fourth-order valence-corrected chi connectivity index (χ4v) is 2.99. The summed E-state index contributed by atoms with van der Waals surface area (Å²) in [5, 5.41) is 10.4. The van der Waals surface area contributed by atoms with Crippen LogP contribution in [0.1, 0.15) is 48.5 Å². The summed E-state index contributed by atoms with van der Waals surface area (Å²) in [6.07, 6.45) is 0.923. The van der Waals surface area contributed by atoms with Crippen LogP contribution in [-0.4, -0.2) is 37.3 Å². The highest BCUT2D eigenvalue weighted by molar-refractivity contribution is 5.91. The predicted molar refractivity (Wildman–Crippen MR) is 77.3 cm³/mol. The predicted octanol–water partition coefficient (Wildman–Crippen LogP) is 1.11. The molecule has 1 atom stereocenters. The van der Waals surface area contributed by atoms with E-state index in [4.69, 9.17) is 4.52 Å². The van der Waals surface area contributed by atoms with E-state index in [-0.39, 0.29) is 17.7 Å². The molecule has 1 N–H and O–H groups in total. The number of H-pyrrole nitrogens is 1. The Labute approximate surface area is 127 Å². The first-order valence-electron chi connectivity index (χ1n) is 7.34. The topological polar surface area (TPSA) is 97.0 Å². The summed E-state index contributed by atoms with van der Waals surface area (Å²) in [6, 6.07) is 1.30. The number of hydrogen-bond donors (Lipinski definition) is 1. The van der Waals surface area contributed by atoms with Crippen molar-refractivity contribution in [2.45, 2.75) is 39.8 Å². The van der Waals surface area contributed by atoms with Gasteiger partial charge in [-0.2, -0.15) is 5.16 Å². The van der Waals surface area contributed by atoms with E-state index >= 15 is 0 Å². The number of rotatable bonds is 3. The average Bonchev–Trinajstić information content (AvgIpc) is 3.04. The second-order valence-electron chi connectivity index (χ2n) is 6.08. The molecule has 1 aliphatic rings. The fraction of sp³-hybridized carbons (Fsp3) is 0.571. The number of carbonyl (C=O) groups is 1. The Morgan fingerprint density at radius 2 is 2.27 bits per heavy atom. The normalized spacial score (nSPS) is 17.8. The molecule has 0 radical (unpaired) electrons. The number of nitrogens with zero attached hydrogens (tertiary/aromatic N) is 4. The first-order chi connectivity index (χ1) is 10.5. The Bertz CT molecular complexity index is 742. The third kappa shape index (κ3) is 2.56. The molecule has 0 unspecified atom stereocenters. The summed E-state index contributed by atoms with van der Waals surface area (Å²) in [6.45, 7) is 7.13. The quantitative estimate of drug-likeness (QED) is 0.916. The van der Waals surface area contributed by atoms with Crippen molar-refractivity contribution >= 4 is 5.91 Å². The minimum absolute atomic E-state index is 0.0259. The SMILES string of the molecule is Cc1nnc2n1[C@@H](CC(C)C)CN(C(=O)c1cc(=O)[nH]o1)C2. The molecule has 8 nitrogen and oxygen atoms in total. The van der Waals surface area contributed by atoms with Crippen LogP contribution in [0.25, 0.3) is 0 Å². The molecule has 0 saturated heterocycles. The zero-order valence-corrected chi connectivity index (χ0v) is 12.9. The molecule has 0 aliphatic carbocycles. The highest BCUT2D eigenvalue weighted by Crippen LogP contribution is 2.27. The molecule has 0 aromatic carbocycles. The van der Waals surface area contributed by atoms with Crippen LogP contribution in [0.4, 0.5) is 0 Å². The summed E-state index contributed by atoms with van der Waals surface area (Å²) < 4.78 is 7.03. The number of aromatic amines is 1. The molecule has 0 fully saturated rings. The summed E-state index contributed by atoms with van der Waals surface area (Å²) in [5.41, 5.74) is -0.418. The Balaban J connectivity index is 1.89. The van der Waals surface area contributed by atoms with Gasteiger partial charge in [0.1, 0.15) is 5.82 Å². The fourth-order valence-electron chi connectivity index (χ4n) is 2.99. The average molecular weight is 305 g/mol. The van der Waals surface area contributed by atoms with E-state index in [2.05, 4.69) is 33.8 Å². The maximum atomic E-state index is 12.5. The molecule has 0 saturated carbocycles. The van der Waals surface area contributed by atoms with Crippen LogP contribution in [0.5, 0.6) is 0 Å². The Hall–Kier alpha value is -2.38. The molecule has 8 heteroatoms. The summed E-state index contributed by atoms with van der Waals surface area (Å²) in [7, 11) is 0. The smallest absolute Gasteiger partial charge is 0.292 e. The lowest BCUT2D eigenvalue weighted by atomic mass is 10.0. The number of carbonyl (C=O) groups excluding carboxylic acids is 1. The third-order valence-corrected chi connectivity index (χ3v) is 3.83. The standard InChI is InChI=1S/C14H19N5O3/c1-8(2)4-10-6-18(7-12-16-15-9(3)19(10)12)14(21)11-5-13(20)17-22-11/h5,8,10H,4,6-7H2,1-3H3,(H,17,20)/t10-/m0/s1. The first-order valence-corrected chi connectivity index (χ1v) is 7.34. The number of hydrogen-bond acceptors (Lipinski definition) is 5. The number of amides is 1. The van der Waals surface area contributed by atoms with Crippen LogP contribution in [0.3, 0.4) is 0 Å². The van der Waals surface area contributed by atoms with Gasteiger partial charge >= 0.3 is 0 Å². The lowest BCUT2D eigenvalue weighted by molar-refractivity contribution is 0.0619. The van der Waals surface area contributed by atoms with E-state index in [1.165, 1.54) is 6.07 Å². The van der Waals surface area contributed by atoms with Crippen molar-refractivity contribution < 1.29 is 9.32 Å². The van der Waals surface area contributed by atoms with Crippen LogP contribution >= 0.6 is 0 Å². The van der Waals surface area contributed by atoms with Gasteiger partial charge < -0.3 is 14.0 Å². The van der Waals surface area contributed by atoms with Crippen molar-refractivity contribution in [3.8, 4) is 0 Å². The minimum atomic E-state index is -0.418. The van der Waals surface area contributed by atoms with E-state index in [0.717, 1.165) is 18.1 Å². The van der Waals surface area contributed by atoms with Crippen molar-refractivity contribution in [3.05, 3.63) is 33.8 Å². The van der Waals surface area contributed by atoms with Gasteiger partial charge in [-0.25, -0.2) is 0 Å².